The molecule has 86 valence electrons. The number of fused-ring (bicyclic) bond motifs is 1. The molecular weight excluding hydrogens is 218 g/mol. The Hall–Kier alpha value is -2.10. The molecule has 1 aliphatic rings. The first kappa shape index (κ1) is 10.1. The Bertz CT molecular complexity index is 599. The minimum absolute atomic E-state index is 0.195. The lowest BCUT2D eigenvalue weighted by molar-refractivity contribution is -0.134. The third-order valence-electron chi connectivity index (χ3n) is 3.13. The summed E-state index contributed by atoms with van der Waals surface area (Å²) in [5.74, 6) is -0.705. The van der Waals surface area contributed by atoms with E-state index in [-0.39, 0.29) is 17.7 Å². The van der Waals surface area contributed by atoms with Crippen LogP contribution in [0.2, 0.25) is 0 Å². The van der Waals surface area contributed by atoms with Gasteiger partial charge in [-0.15, -0.1) is 0 Å². The summed E-state index contributed by atoms with van der Waals surface area (Å²) in [5, 5.41) is 3.31. The summed E-state index contributed by atoms with van der Waals surface area (Å²) in [6.07, 6.45) is 2.55. The van der Waals surface area contributed by atoms with E-state index in [1.165, 1.54) is 0 Å². The van der Waals surface area contributed by atoms with Crippen LogP contribution in [0.3, 0.4) is 0 Å². The number of benzene rings is 1. The molecule has 2 aromatic rings. The van der Waals surface area contributed by atoms with Crippen molar-refractivity contribution in [3.05, 3.63) is 36.1 Å². The number of hydrogen-bond donors (Lipinski definition) is 1. The lowest BCUT2D eigenvalue weighted by Crippen LogP contribution is -2.39. The monoisotopic (exact) mass is 229 g/mol. The van der Waals surface area contributed by atoms with Crippen molar-refractivity contribution in [3.8, 4) is 0 Å². The Morgan fingerprint density at radius 3 is 2.88 bits per heavy atom. The number of hydrogen-bond acceptors (Lipinski definition) is 3. The highest BCUT2D eigenvalue weighted by molar-refractivity contribution is 6.02. The van der Waals surface area contributed by atoms with Crippen molar-refractivity contribution in [1.82, 2.24) is 5.32 Å². The van der Waals surface area contributed by atoms with Crippen LogP contribution >= 0.6 is 0 Å². The average molecular weight is 229 g/mol. The van der Waals surface area contributed by atoms with Crippen molar-refractivity contribution in [2.45, 2.75) is 18.8 Å². The van der Waals surface area contributed by atoms with Crippen LogP contribution < -0.4 is 5.32 Å². The van der Waals surface area contributed by atoms with Crippen molar-refractivity contribution in [2.24, 2.45) is 0 Å². The second-order valence-electron chi connectivity index (χ2n) is 4.19. The topological polar surface area (TPSA) is 59.3 Å². The van der Waals surface area contributed by atoms with Crippen molar-refractivity contribution in [1.29, 1.82) is 0 Å². The van der Waals surface area contributed by atoms with Gasteiger partial charge in [0.15, 0.2) is 0 Å². The normalized spacial score (nSPS) is 20.6. The van der Waals surface area contributed by atoms with E-state index in [1.54, 1.807) is 6.26 Å². The summed E-state index contributed by atoms with van der Waals surface area (Å²) in [4.78, 5) is 22.9. The maximum atomic E-state index is 11.8. The number of carbonyl (C=O) groups excluding carboxylic acids is 2. The number of nitrogens with one attached hydrogen (secondary N) is 1. The Labute approximate surface area is 97.6 Å². The summed E-state index contributed by atoms with van der Waals surface area (Å²) in [6.45, 7) is 0. The fourth-order valence-corrected chi connectivity index (χ4v) is 2.26. The van der Waals surface area contributed by atoms with E-state index in [4.69, 9.17) is 4.42 Å². The molecule has 1 fully saturated rings. The van der Waals surface area contributed by atoms with Crippen molar-refractivity contribution in [3.63, 3.8) is 0 Å². The van der Waals surface area contributed by atoms with E-state index in [0.29, 0.717) is 12.8 Å². The first-order chi connectivity index (χ1) is 8.25. The predicted octanol–water partition coefficient (Wildman–Crippen LogP) is 1.95. The lowest BCUT2D eigenvalue weighted by atomic mass is 9.90. The van der Waals surface area contributed by atoms with Crippen LogP contribution in [-0.4, -0.2) is 11.8 Å². The van der Waals surface area contributed by atoms with Gasteiger partial charge in [-0.3, -0.25) is 14.9 Å². The van der Waals surface area contributed by atoms with E-state index in [1.807, 2.05) is 24.3 Å². The molecule has 2 heterocycles. The zero-order valence-corrected chi connectivity index (χ0v) is 9.10. The zero-order valence-electron chi connectivity index (χ0n) is 9.10. The van der Waals surface area contributed by atoms with Gasteiger partial charge in [-0.05, 0) is 12.5 Å². The molecule has 0 bridgehead atoms. The van der Waals surface area contributed by atoms with Crippen LogP contribution in [0.4, 0.5) is 0 Å². The molecule has 2 amide bonds. The number of furan rings is 1. The molecule has 0 aliphatic carbocycles. The van der Waals surface area contributed by atoms with Gasteiger partial charge in [0.05, 0.1) is 12.2 Å². The van der Waals surface area contributed by atoms with Crippen molar-refractivity contribution >= 4 is 22.8 Å². The lowest BCUT2D eigenvalue weighted by Gasteiger charge is -2.19. The molecule has 3 rings (SSSR count). The first-order valence-electron chi connectivity index (χ1n) is 5.55. The van der Waals surface area contributed by atoms with E-state index >= 15 is 0 Å². The van der Waals surface area contributed by atoms with E-state index in [0.717, 1.165) is 16.5 Å². The number of amides is 2. The van der Waals surface area contributed by atoms with Crippen molar-refractivity contribution in [2.75, 3.05) is 0 Å². The molecule has 1 N–H and O–H groups in total. The third-order valence-corrected chi connectivity index (χ3v) is 3.13. The maximum absolute atomic E-state index is 11.8. The molecule has 1 atom stereocenters. The quantitative estimate of drug-likeness (QED) is 0.760. The highest BCUT2D eigenvalue weighted by atomic mass is 16.3. The Balaban J connectivity index is 2.04. The highest BCUT2D eigenvalue weighted by Crippen LogP contribution is 2.32. The summed E-state index contributed by atoms with van der Waals surface area (Å²) in [5.41, 5.74) is 1.64. The van der Waals surface area contributed by atoms with Gasteiger partial charge in [-0.25, -0.2) is 0 Å². The summed E-state index contributed by atoms with van der Waals surface area (Å²) >= 11 is 0. The molecule has 4 nitrogen and oxygen atoms in total. The molecule has 1 aliphatic heterocycles. The predicted molar refractivity (Wildman–Crippen MR) is 61.3 cm³/mol. The van der Waals surface area contributed by atoms with Crippen LogP contribution in [0.5, 0.6) is 0 Å². The Kier molecular flexibility index (Phi) is 2.21. The third kappa shape index (κ3) is 1.62. The van der Waals surface area contributed by atoms with Gasteiger partial charge in [-0.1, -0.05) is 18.2 Å². The van der Waals surface area contributed by atoms with Gasteiger partial charge in [0, 0.05) is 17.4 Å². The van der Waals surface area contributed by atoms with Crippen LogP contribution in [0.25, 0.3) is 11.0 Å². The van der Waals surface area contributed by atoms with Crippen LogP contribution in [0, 0.1) is 0 Å². The van der Waals surface area contributed by atoms with Gasteiger partial charge in [0.1, 0.15) is 5.58 Å². The fourth-order valence-electron chi connectivity index (χ4n) is 2.26. The highest BCUT2D eigenvalue weighted by Gasteiger charge is 2.30. The SMILES string of the molecule is O=C1CC[C@H](c2coc3ccccc23)C(=O)N1. The maximum Gasteiger partial charge on any atom is 0.234 e. The van der Waals surface area contributed by atoms with E-state index < -0.39 is 0 Å². The smallest absolute Gasteiger partial charge is 0.234 e. The fraction of sp³-hybridized carbons (Fsp3) is 0.231. The van der Waals surface area contributed by atoms with E-state index in [2.05, 4.69) is 5.32 Å². The second kappa shape index (κ2) is 3.73. The first-order valence-corrected chi connectivity index (χ1v) is 5.55. The minimum Gasteiger partial charge on any atom is -0.464 e. The van der Waals surface area contributed by atoms with Crippen molar-refractivity contribution < 1.29 is 14.0 Å². The van der Waals surface area contributed by atoms with Crippen LogP contribution in [-0.2, 0) is 9.59 Å². The molecule has 1 aromatic heterocycles. The summed E-state index contributed by atoms with van der Waals surface area (Å²) < 4.78 is 5.41. The molecular formula is C13H11NO3. The second-order valence-corrected chi connectivity index (χ2v) is 4.19. The molecule has 1 saturated heterocycles. The minimum atomic E-state index is -0.281. The van der Waals surface area contributed by atoms with Crippen LogP contribution in [0.15, 0.2) is 34.9 Å². The van der Waals surface area contributed by atoms with Gasteiger partial charge in [-0.2, -0.15) is 0 Å². The molecule has 0 radical (unpaired) electrons. The molecule has 0 unspecified atom stereocenters. The Morgan fingerprint density at radius 1 is 1.24 bits per heavy atom. The molecule has 17 heavy (non-hydrogen) atoms. The van der Waals surface area contributed by atoms with Crippen LogP contribution in [0.1, 0.15) is 24.3 Å². The zero-order chi connectivity index (χ0) is 11.8. The van der Waals surface area contributed by atoms with Gasteiger partial charge < -0.3 is 4.42 Å². The number of imide groups is 1. The number of piperidine rings is 1. The molecule has 0 saturated carbocycles. The molecule has 1 aromatic carbocycles. The summed E-state index contributed by atoms with van der Waals surface area (Å²) in [6, 6.07) is 7.59. The van der Waals surface area contributed by atoms with Gasteiger partial charge in [0.2, 0.25) is 11.8 Å². The largest absolute Gasteiger partial charge is 0.464 e. The standard InChI is InChI=1S/C13H11NO3/c15-12-6-5-9(13(16)14-12)10-7-17-11-4-2-1-3-8(10)11/h1-4,7,9H,5-6H2,(H,14,15,16)/t9-/m1/s1. The molecule has 4 heteroatoms. The number of para-hydroxylation sites is 1. The average Bonchev–Trinajstić information content (AvgIpc) is 2.73. The van der Waals surface area contributed by atoms with Gasteiger partial charge >= 0.3 is 0 Å². The number of rotatable bonds is 1. The number of carbonyl (C=O) groups is 2. The molecule has 0 spiro atoms. The Morgan fingerprint density at radius 2 is 2.06 bits per heavy atom. The van der Waals surface area contributed by atoms with Gasteiger partial charge in [0.25, 0.3) is 0 Å². The van der Waals surface area contributed by atoms with E-state index in [9.17, 15) is 9.59 Å². The summed E-state index contributed by atoms with van der Waals surface area (Å²) in [7, 11) is 0.